The molecule has 0 bridgehead atoms. The quantitative estimate of drug-likeness (QED) is 0.157. The first-order valence-corrected chi connectivity index (χ1v) is 12.3. The highest BCUT2D eigenvalue weighted by Crippen LogP contribution is 2.37. The molecule has 0 aliphatic carbocycles. The first-order chi connectivity index (χ1) is 9.99. The van der Waals surface area contributed by atoms with E-state index < -0.39 is 32.8 Å². The normalized spacial score (nSPS) is 23.9. The number of halogens is 2. The summed E-state index contributed by atoms with van der Waals surface area (Å²) in [7, 11) is -1.99. The van der Waals surface area contributed by atoms with Gasteiger partial charge >= 0.3 is 6.16 Å². The molecule has 0 radical (unpaired) electrons. The van der Waals surface area contributed by atoms with E-state index in [0.29, 0.717) is 6.47 Å². The third-order valence-corrected chi connectivity index (χ3v) is 9.97. The van der Waals surface area contributed by atoms with Gasteiger partial charge < -0.3 is 18.6 Å². The van der Waals surface area contributed by atoms with Gasteiger partial charge in [0.2, 0.25) is 0 Å². The van der Waals surface area contributed by atoms with Crippen molar-refractivity contribution < 1.29 is 28.2 Å². The molecule has 0 N–H and O–H groups in total. The first-order valence-electron chi connectivity index (χ1n) is 6.88. The number of carbonyl (C=O) groups is 2. The summed E-state index contributed by atoms with van der Waals surface area (Å²) in [6, 6.07) is 0. The van der Waals surface area contributed by atoms with Gasteiger partial charge in [0.15, 0.2) is 26.6 Å². The van der Waals surface area contributed by atoms with Crippen molar-refractivity contribution in [2.75, 3.05) is 6.61 Å². The fourth-order valence-corrected chi connectivity index (χ4v) is 3.78. The molecule has 0 amide bonds. The van der Waals surface area contributed by atoms with E-state index in [1.165, 1.54) is 0 Å². The maximum absolute atomic E-state index is 11.4. The van der Waals surface area contributed by atoms with E-state index in [1.54, 1.807) is 0 Å². The smallest absolute Gasteiger partial charge is 0.458 e. The number of carbonyl (C=O) groups excluding carboxylic acids is 2. The van der Waals surface area contributed by atoms with Gasteiger partial charge in [-0.25, -0.2) is 4.79 Å². The summed E-state index contributed by atoms with van der Waals surface area (Å²) in [5.41, 5.74) is 0. The van der Waals surface area contributed by atoms with E-state index >= 15 is 0 Å². The molecule has 1 aliphatic rings. The molecule has 6 nitrogen and oxygen atoms in total. The van der Waals surface area contributed by atoms with Gasteiger partial charge in [-0.15, -0.1) is 0 Å². The van der Waals surface area contributed by atoms with Crippen molar-refractivity contribution in [2.24, 2.45) is 0 Å². The predicted octanol–water partition coefficient (Wildman–Crippen LogP) is 3.65. The summed E-state index contributed by atoms with van der Waals surface area (Å²) in [5.74, 6) is 0. The van der Waals surface area contributed by atoms with E-state index in [4.69, 9.17) is 18.6 Å². The number of ether oxygens (including phenoxy) is 3. The molecule has 1 rings (SSSR count). The van der Waals surface area contributed by atoms with E-state index in [0.717, 1.165) is 0 Å². The zero-order valence-electron chi connectivity index (χ0n) is 13.3. The van der Waals surface area contributed by atoms with Crippen LogP contribution in [0.1, 0.15) is 20.8 Å². The average molecular weight is 556 g/mol. The van der Waals surface area contributed by atoms with Crippen molar-refractivity contribution in [3.05, 3.63) is 0 Å². The molecule has 1 fully saturated rings. The highest BCUT2D eigenvalue weighted by molar-refractivity contribution is 14.2. The van der Waals surface area contributed by atoms with E-state index in [9.17, 15) is 9.59 Å². The maximum Gasteiger partial charge on any atom is 0.509 e. The zero-order chi connectivity index (χ0) is 17.1. The van der Waals surface area contributed by atoms with Gasteiger partial charge in [-0.05, 0) is 18.1 Å². The Bertz CT molecular complexity index is 410. The highest BCUT2D eigenvalue weighted by Gasteiger charge is 2.47. The standard InChI is InChI=1S/C13H22I2O6Si/c1-13(2,3)22(4,5)19-6-8(18-7-16)9-10(11(14)15)21-12(17)20-9/h7-11H,6H2,1-5H3/t8-,9-,10+/m1/s1. The minimum absolute atomic E-state index is 0.00252. The Balaban J connectivity index is 2.81. The van der Waals surface area contributed by atoms with Gasteiger partial charge in [-0.2, -0.15) is 0 Å². The third kappa shape index (κ3) is 5.19. The fourth-order valence-electron chi connectivity index (χ4n) is 1.66. The summed E-state index contributed by atoms with van der Waals surface area (Å²) in [6.07, 6.45) is -2.53. The summed E-state index contributed by atoms with van der Waals surface area (Å²) in [4.78, 5) is 22.2. The molecule has 1 heterocycles. The molecule has 22 heavy (non-hydrogen) atoms. The molecular weight excluding hydrogens is 534 g/mol. The van der Waals surface area contributed by atoms with Gasteiger partial charge in [0.1, 0.15) is 1.93 Å². The largest absolute Gasteiger partial charge is 0.509 e. The van der Waals surface area contributed by atoms with Crippen LogP contribution in [-0.4, -0.2) is 47.8 Å². The molecule has 1 aliphatic heterocycles. The lowest BCUT2D eigenvalue weighted by molar-refractivity contribution is -0.141. The van der Waals surface area contributed by atoms with Crippen molar-refractivity contribution in [1.29, 1.82) is 0 Å². The molecule has 9 heteroatoms. The van der Waals surface area contributed by atoms with Crippen LogP contribution in [0, 0.1) is 0 Å². The maximum atomic E-state index is 11.4. The number of rotatable bonds is 7. The summed E-state index contributed by atoms with van der Waals surface area (Å²) >= 11 is 4.28. The van der Waals surface area contributed by atoms with Gasteiger partial charge in [-0.1, -0.05) is 66.0 Å². The van der Waals surface area contributed by atoms with E-state index in [2.05, 4.69) is 79.0 Å². The van der Waals surface area contributed by atoms with Crippen LogP contribution in [-0.2, 0) is 23.4 Å². The van der Waals surface area contributed by atoms with E-state index in [1.807, 2.05) is 0 Å². The topological polar surface area (TPSA) is 71.1 Å². The third-order valence-electron chi connectivity index (χ3n) is 4.05. The Kier molecular flexibility index (Phi) is 7.40. The molecule has 0 aromatic carbocycles. The SMILES string of the molecule is CC(C)(C)[Si](C)(C)OC[C@@H](OC=O)[C@H]1OC(=O)O[C@@H]1C(I)I. The Labute approximate surface area is 159 Å². The Hall–Kier alpha value is 0.377. The van der Waals surface area contributed by atoms with Crippen LogP contribution >= 0.6 is 45.2 Å². The average Bonchev–Trinajstić information content (AvgIpc) is 2.75. The Morgan fingerprint density at radius 2 is 1.82 bits per heavy atom. The van der Waals surface area contributed by atoms with Gasteiger partial charge in [-0.3, -0.25) is 4.79 Å². The Morgan fingerprint density at radius 1 is 1.27 bits per heavy atom. The molecule has 0 spiro atoms. The lowest BCUT2D eigenvalue weighted by Crippen LogP contribution is -2.47. The fraction of sp³-hybridized carbons (Fsp3) is 0.846. The van der Waals surface area contributed by atoms with Crippen LogP contribution in [0.4, 0.5) is 4.79 Å². The second kappa shape index (κ2) is 7.97. The minimum atomic E-state index is -1.99. The van der Waals surface area contributed by atoms with E-state index in [-0.39, 0.29) is 13.6 Å². The number of alkyl halides is 2. The van der Waals surface area contributed by atoms with Crippen molar-refractivity contribution in [3.8, 4) is 0 Å². The second-order valence-corrected chi connectivity index (χ2v) is 16.5. The van der Waals surface area contributed by atoms with Crippen LogP contribution in [0.25, 0.3) is 0 Å². The number of cyclic esters (lactones) is 2. The molecule has 1 saturated heterocycles. The molecule has 3 atom stereocenters. The van der Waals surface area contributed by atoms with Gasteiger partial charge in [0.05, 0.1) is 6.61 Å². The lowest BCUT2D eigenvalue weighted by Gasteiger charge is -2.37. The predicted molar refractivity (Wildman–Crippen MR) is 101 cm³/mol. The number of hydrogen-bond donors (Lipinski definition) is 0. The van der Waals surface area contributed by atoms with Gasteiger partial charge in [0, 0.05) is 0 Å². The highest BCUT2D eigenvalue weighted by atomic mass is 127. The molecule has 0 aromatic rings. The van der Waals surface area contributed by atoms with Crippen molar-refractivity contribution in [1.82, 2.24) is 0 Å². The Morgan fingerprint density at radius 3 is 2.27 bits per heavy atom. The van der Waals surface area contributed by atoms with Crippen LogP contribution in [0.15, 0.2) is 0 Å². The molecule has 0 unspecified atom stereocenters. The van der Waals surface area contributed by atoms with Crippen LogP contribution in [0.2, 0.25) is 18.1 Å². The molecule has 0 aromatic heterocycles. The van der Waals surface area contributed by atoms with Crippen molar-refractivity contribution >= 4 is 66.1 Å². The zero-order valence-corrected chi connectivity index (χ0v) is 18.6. The molecule has 0 saturated carbocycles. The molecular formula is C13H22I2O6Si. The summed E-state index contributed by atoms with van der Waals surface area (Å²) < 4.78 is 21.5. The molecule has 128 valence electrons. The summed E-state index contributed by atoms with van der Waals surface area (Å²) in [5, 5.41) is 0.0377. The van der Waals surface area contributed by atoms with Crippen LogP contribution in [0.3, 0.4) is 0 Å². The number of hydrogen-bond acceptors (Lipinski definition) is 6. The van der Waals surface area contributed by atoms with Crippen molar-refractivity contribution in [3.63, 3.8) is 0 Å². The second-order valence-electron chi connectivity index (χ2n) is 6.59. The summed E-state index contributed by atoms with van der Waals surface area (Å²) in [6.45, 7) is 11.1. The van der Waals surface area contributed by atoms with Crippen LogP contribution in [0.5, 0.6) is 0 Å². The van der Waals surface area contributed by atoms with Crippen LogP contribution < -0.4 is 0 Å². The minimum Gasteiger partial charge on any atom is -0.458 e. The lowest BCUT2D eigenvalue weighted by atomic mass is 10.1. The monoisotopic (exact) mass is 556 g/mol. The van der Waals surface area contributed by atoms with Crippen molar-refractivity contribution in [2.45, 2.75) is 59.1 Å². The van der Waals surface area contributed by atoms with Gasteiger partial charge in [0.25, 0.3) is 6.47 Å². The first kappa shape index (κ1) is 20.4.